The molecule has 5 N–H and O–H groups in total. The summed E-state index contributed by atoms with van der Waals surface area (Å²) in [5.41, 5.74) is -0.363. The van der Waals surface area contributed by atoms with Crippen LogP contribution in [0.3, 0.4) is 0 Å². The SMILES string of the molecule is C=C1C(=O)N(C)[C@@H](C(C)CC)C(=O)N[C@@H](C(C)C)C(=O)N(C)[C@@H](CC(C)C)C(=O)N[C@@H](C)C(=O)N[C@H](C)C(=O)N(C)[C@@H](CC(C)C)C(=O)N(C)[C@@H](CC(C)C)C(=O)N(C)[C@@H](C(C)C)C(=O)N(C)[C@@H]([C@H](O)[C@H](C)CC=CC)C(=O)N[C@@H](CC)C(=O)N1C. The van der Waals surface area contributed by atoms with Gasteiger partial charge in [0.25, 0.3) is 5.91 Å². The van der Waals surface area contributed by atoms with E-state index in [4.69, 9.17) is 0 Å². The topological polar surface area (TPSA) is 279 Å². The molecule has 23 heteroatoms. The molecule has 1 aliphatic heterocycles. The van der Waals surface area contributed by atoms with Crippen LogP contribution in [0.5, 0.6) is 0 Å². The molecule has 0 saturated carbocycles. The second-order valence-electron chi connectivity index (χ2n) is 25.8. The van der Waals surface area contributed by atoms with Crippen molar-refractivity contribution in [3.63, 3.8) is 0 Å². The van der Waals surface area contributed by atoms with Crippen LogP contribution in [0.15, 0.2) is 24.4 Å². The first-order valence-electron chi connectivity index (χ1n) is 30.8. The number of nitrogens with zero attached hydrogens (tertiary/aromatic N) is 7. The zero-order valence-corrected chi connectivity index (χ0v) is 56.6. The van der Waals surface area contributed by atoms with E-state index in [-0.39, 0.29) is 49.1 Å². The van der Waals surface area contributed by atoms with E-state index in [1.807, 2.05) is 48.5 Å². The summed E-state index contributed by atoms with van der Waals surface area (Å²) >= 11 is 0. The largest absolute Gasteiger partial charge is 0.390 e. The molecule has 11 amide bonds. The second-order valence-corrected chi connectivity index (χ2v) is 25.8. The van der Waals surface area contributed by atoms with Gasteiger partial charge in [-0.25, -0.2) is 0 Å². The van der Waals surface area contributed by atoms with E-state index in [0.717, 1.165) is 14.7 Å². The highest BCUT2D eigenvalue weighted by Gasteiger charge is 2.46. The minimum Gasteiger partial charge on any atom is -0.390 e. The number of rotatable bonds is 15. The minimum absolute atomic E-state index is 0.0259. The van der Waals surface area contributed by atoms with Gasteiger partial charge in [-0.05, 0) is 94.3 Å². The monoisotopic (exact) mass is 1210 g/mol. The van der Waals surface area contributed by atoms with E-state index >= 15 is 9.59 Å². The highest BCUT2D eigenvalue weighted by Crippen LogP contribution is 2.26. The van der Waals surface area contributed by atoms with Gasteiger partial charge in [0, 0.05) is 49.3 Å². The maximum absolute atomic E-state index is 15.2. The van der Waals surface area contributed by atoms with E-state index < -0.39 is 155 Å². The Balaban J connectivity index is 4.38. The quantitative estimate of drug-likeness (QED) is 0.116. The Morgan fingerprint density at radius 2 is 0.930 bits per heavy atom. The normalized spacial score (nSPS) is 27.1. The summed E-state index contributed by atoms with van der Waals surface area (Å²) in [5.74, 6) is -10.6. The van der Waals surface area contributed by atoms with Crippen LogP contribution in [0.4, 0.5) is 0 Å². The van der Waals surface area contributed by atoms with E-state index in [0.29, 0.717) is 12.8 Å². The molecule has 0 aromatic carbocycles. The first-order valence-corrected chi connectivity index (χ1v) is 30.8. The van der Waals surface area contributed by atoms with Crippen LogP contribution in [-0.2, 0) is 52.7 Å². The number of aliphatic hydroxyl groups is 1. The highest BCUT2D eigenvalue weighted by molar-refractivity contribution is 6.02. The molecule has 1 fully saturated rings. The molecular weight excluding hydrogens is 1100 g/mol. The van der Waals surface area contributed by atoms with Crippen LogP contribution in [0.2, 0.25) is 0 Å². The van der Waals surface area contributed by atoms with Crippen molar-refractivity contribution in [1.82, 2.24) is 55.6 Å². The van der Waals surface area contributed by atoms with Crippen molar-refractivity contribution < 1.29 is 57.8 Å². The van der Waals surface area contributed by atoms with E-state index in [2.05, 4.69) is 27.8 Å². The predicted octanol–water partition coefficient (Wildman–Crippen LogP) is 3.78. The number of carbonyl (C=O) groups excluding carboxylic acids is 11. The van der Waals surface area contributed by atoms with Gasteiger partial charge in [0.1, 0.15) is 66.1 Å². The summed E-state index contributed by atoms with van der Waals surface area (Å²) in [6.45, 7) is 33.5. The molecule has 0 radical (unpaired) electrons. The number of hydrogen-bond acceptors (Lipinski definition) is 12. The number of aliphatic hydroxyl groups excluding tert-OH is 1. The molecule has 86 heavy (non-hydrogen) atoms. The third-order valence-electron chi connectivity index (χ3n) is 16.6. The average Bonchev–Trinajstić information content (AvgIpc) is 1.80. The zero-order valence-electron chi connectivity index (χ0n) is 56.6. The smallest absolute Gasteiger partial charge is 0.270 e. The zero-order chi connectivity index (χ0) is 66.8. The Bertz CT molecular complexity index is 2410. The van der Waals surface area contributed by atoms with Crippen molar-refractivity contribution in [2.75, 3.05) is 49.3 Å². The molecule has 1 heterocycles. The lowest BCUT2D eigenvalue weighted by atomic mass is 9.91. The second kappa shape index (κ2) is 34.8. The lowest BCUT2D eigenvalue weighted by molar-refractivity contribution is -0.157. The molecule has 1 unspecified atom stereocenters. The van der Waals surface area contributed by atoms with Gasteiger partial charge in [0.2, 0.25) is 59.1 Å². The molecule has 23 nitrogen and oxygen atoms in total. The Morgan fingerprint density at radius 3 is 1.38 bits per heavy atom. The summed E-state index contributed by atoms with van der Waals surface area (Å²) in [4.78, 5) is 169. The van der Waals surface area contributed by atoms with Crippen molar-refractivity contribution in [3.8, 4) is 0 Å². The lowest BCUT2D eigenvalue weighted by Gasteiger charge is -2.41. The number of likely N-dealkylation sites (N-methyl/N-ethyl adjacent to an activating group) is 7. The molecule has 1 aliphatic rings. The molecule has 13 atom stereocenters. The summed E-state index contributed by atoms with van der Waals surface area (Å²) in [6, 6.07) is -12.6. The van der Waals surface area contributed by atoms with Crippen LogP contribution in [0, 0.1) is 41.4 Å². The molecule has 0 aliphatic carbocycles. The standard InChI is InChI=1S/C63H111N11O12/c1-26-29-30-40(15)52(75)51-56(79)66-44(28-3)59(82)68(19)43(18)58(81)73(24)50(39(14)27-2)55(78)67-48(37(10)11)62(85)69(20)45(31-34(4)5)54(77)64-41(16)53(76)65-42(17)57(80)70(21)46(32-35(6)7)60(83)71(22)47(33-36(8)9)61(84)72(23)49(38(12)13)63(86)74(51)25/h26,29,34-42,44-52,75H,18,27-28,30-33H2,1-17,19-25H3,(H,64,77)(H,65,76)(H,66,79)(H,67,78)/t39?,40-,41+,42-,44+,45+,46+,47+,48+,49+,50+,51+,52-/m1/s1. The summed E-state index contributed by atoms with van der Waals surface area (Å²) in [5, 5.41) is 23.1. The van der Waals surface area contributed by atoms with Crippen molar-refractivity contribution >= 4 is 65.0 Å². The summed E-state index contributed by atoms with van der Waals surface area (Å²) in [7, 11) is 9.75. The fourth-order valence-electron chi connectivity index (χ4n) is 10.8. The number of nitrogens with one attached hydrogen (secondary N) is 4. The van der Waals surface area contributed by atoms with Crippen molar-refractivity contribution in [3.05, 3.63) is 24.4 Å². The van der Waals surface area contributed by atoms with E-state index in [1.54, 1.807) is 67.5 Å². The highest BCUT2D eigenvalue weighted by atomic mass is 16.3. The molecule has 0 aromatic heterocycles. The van der Waals surface area contributed by atoms with Gasteiger partial charge in [0.05, 0.1) is 6.10 Å². The van der Waals surface area contributed by atoms with Crippen molar-refractivity contribution in [1.29, 1.82) is 0 Å². The first kappa shape index (κ1) is 77.6. The summed E-state index contributed by atoms with van der Waals surface area (Å²) in [6.07, 6.45) is 3.15. The number of allylic oxidation sites excluding steroid dienone is 2. The molecule has 490 valence electrons. The van der Waals surface area contributed by atoms with Crippen molar-refractivity contribution in [2.45, 2.75) is 223 Å². The third-order valence-corrected chi connectivity index (χ3v) is 16.6. The minimum atomic E-state index is -1.64. The van der Waals surface area contributed by atoms with Crippen molar-refractivity contribution in [2.24, 2.45) is 41.4 Å². The van der Waals surface area contributed by atoms with Gasteiger partial charge in [-0.2, -0.15) is 0 Å². The fraction of sp³-hybridized carbons (Fsp3) is 0.762. The van der Waals surface area contributed by atoms with Gasteiger partial charge in [-0.15, -0.1) is 0 Å². The van der Waals surface area contributed by atoms with Gasteiger partial charge in [-0.3, -0.25) is 52.7 Å². The van der Waals surface area contributed by atoms with Crippen LogP contribution in [0.1, 0.15) is 156 Å². The Morgan fingerprint density at radius 1 is 0.488 bits per heavy atom. The third kappa shape index (κ3) is 20.4. The molecular formula is C63H111N11O12. The fourth-order valence-corrected chi connectivity index (χ4v) is 10.8. The maximum atomic E-state index is 15.2. The predicted molar refractivity (Wildman–Crippen MR) is 333 cm³/mol. The van der Waals surface area contributed by atoms with Crippen LogP contribution >= 0.6 is 0 Å². The molecule has 0 aromatic rings. The van der Waals surface area contributed by atoms with Gasteiger partial charge in [0.15, 0.2) is 0 Å². The maximum Gasteiger partial charge on any atom is 0.270 e. The first-order chi connectivity index (χ1) is 39.7. The molecule has 0 spiro atoms. The van der Waals surface area contributed by atoms with Gasteiger partial charge in [-0.1, -0.05) is 122 Å². The number of carbonyl (C=O) groups is 11. The number of amides is 11. The Kier molecular flexibility index (Phi) is 31.4. The summed E-state index contributed by atoms with van der Waals surface area (Å²) < 4.78 is 0. The lowest BCUT2D eigenvalue weighted by Crippen LogP contribution is -2.63. The Hall–Kier alpha value is -6.39. The van der Waals surface area contributed by atoms with Gasteiger partial charge >= 0.3 is 0 Å². The van der Waals surface area contributed by atoms with Crippen LogP contribution in [-0.4, -0.2) is 220 Å². The molecule has 1 rings (SSSR count). The van der Waals surface area contributed by atoms with E-state index in [9.17, 15) is 48.3 Å². The number of hydrogen-bond donors (Lipinski definition) is 5. The molecule has 1 saturated heterocycles. The van der Waals surface area contributed by atoms with E-state index in [1.165, 1.54) is 82.8 Å². The molecule has 0 bridgehead atoms. The van der Waals surface area contributed by atoms with Crippen LogP contribution in [0.25, 0.3) is 0 Å². The Labute approximate surface area is 514 Å². The van der Waals surface area contributed by atoms with Gasteiger partial charge < -0.3 is 60.7 Å². The average molecular weight is 1210 g/mol. The van der Waals surface area contributed by atoms with Crippen LogP contribution < -0.4 is 21.3 Å².